The fourth-order valence-electron chi connectivity index (χ4n) is 4.05. The third kappa shape index (κ3) is 4.57. The predicted molar refractivity (Wildman–Crippen MR) is 99.5 cm³/mol. The van der Waals surface area contributed by atoms with Crippen LogP contribution in [-0.2, 0) is 9.47 Å². The van der Waals surface area contributed by atoms with E-state index in [4.69, 9.17) is 14.5 Å². The topological polar surface area (TPSA) is 68.6 Å². The molecule has 2 aliphatic heterocycles. The molecule has 0 unspecified atom stereocenters. The third-order valence-electron chi connectivity index (χ3n) is 5.52. The molecule has 2 fully saturated rings. The fraction of sp³-hybridized carbons (Fsp3) is 0.789. The highest BCUT2D eigenvalue weighted by Gasteiger charge is 2.29. The number of nitrogens with zero attached hydrogens (tertiary/aromatic N) is 3. The number of hydrogen-bond donors (Lipinski definition) is 1. The van der Waals surface area contributed by atoms with Crippen molar-refractivity contribution in [2.75, 3.05) is 46.6 Å². The lowest BCUT2D eigenvalue weighted by Crippen LogP contribution is -2.45. The molecule has 3 rings (SSSR count). The fourth-order valence-corrected chi connectivity index (χ4v) is 4.05. The lowest BCUT2D eigenvalue weighted by Gasteiger charge is -2.35. The molecule has 0 bridgehead atoms. The maximum atomic E-state index is 12.3. The summed E-state index contributed by atoms with van der Waals surface area (Å²) in [6.45, 7) is 6.75. The minimum absolute atomic E-state index is 0.0477. The van der Waals surface area contributed by atoms with Gasteiger partial charge in [0, 0.05) is 70.4 Å². The van der Waals surface area contributed by atoms with E-state index in [1.165, 1.54) is 11.5 Å². The molecule has 146 valence electrons. The van der Waals surface area contributed by atoms with E-state index in [9.17, 15) is 4.79 Å². The van der Waals surface area contributed by atoms with E-state index >= 15 is 0 Å². The molecule has 0 saturated carbocycles. The maximum Gasteiger partial charge on any atom is 0.317 e. The first-order valence-electron chi connectivity index (χ1n) is 9.84. The van der Waals surface area contributed by atoms with Crippen molar-refractivity contribution in [3.05, 3.63) is 17.7 Å². The largest absolute Gasteiger partial charge is 0.385 e. The van der Waals surface area contributed by atoms with Gasteiger partial charge < -0.3 is 24.3 Å². The summed E-state index contributed by atoms with van der Waals surface area (Å²) in [7, 11) is 1.68. The summed E-state index contributed by atoms with van der Waals surface area (Å²) in [5.74, 6) is 1.72. The van der Waals surface area contributed by atoms with Crippen molar-refractivity contribution in [1.82, 2.24) is 19.8 Å². The Morgan fingerprint density at radius 3 is 2.73 bits per heavy atom. The summed E-state index contributed by atoms with van der Waals surface area (Å²) in [5.41, 5.74) is 1.23. The minimum atomic E-state index is 0.0477. The number of imidazole rings is 1. The molecule has 0 atom stereocenters. The van der Waals surface area contributed by atoms with Gasteiger partial charge in [0.2, 0.25) is 0 Å². The highest BCUT2D eigenvalue weighted by molar-refractivity contribution is 5.74. The molecular weight excluding hydrogens is 332 g/mol. The van der Waals surface area contributed by atoms with Gasteiger partial charge in [0.15, 0.2) is 0 Å². The van der Waals surface area contributed by atoms with Crippen molar-refractivity contribution < 1.29 is 14.3 Å². The lowest BCUT2D eigenvalue weighted by molar-refractivity contribution is 0.0817. The third-order valence-corrected chi connectivity index (χ3v) is 5.52. The Labute approximate surface area is 156 Å². The Morgan fingerprint density at radius 2 is 2.04 bits per heavy atom. The van der Waals surface area contributed by atoms with Gasteiger partial charge in [-0.05, 0) is 39.0 Å². The molecule has 1 aromatic heterocycles. The number of urea groups is 1. The van der Waals surface area contributed by atoms with Gasteiger partial charge in [0.05, 0.1) is 0 Å². The highest BCUT2D eigenvalue weighted by Crippen LogP contribution is 2.32. The first-order chi connectivity index (χ1) is 12.7. The molecule has 7 heteroatoms. The second-order valence-electron chi connectivity index (χ2n) is 7.31. The molecule has 7 nitrogen and oxygen atoms in total. The number of hydrogen-bond acceptors (Lipinski definition) is 4. The number of likely N-dealkylation sites (tertiary alicyclic amines) is 1. The molecule has 3 heterocycles. The van der Waals surface area contributed by atoms with Gasteiger partial charge in [0.1, 0.15) is 5.82 Å². The van der Waals surface area contributed by atoms with Crippen LogP contribution in [0, 0.1) is 6.92 Å². The number of carbonyl (C=O) groups is 1. The molecule has 2 aliphatic rings. The van der Waals surface area contributed by atoms with Crippen molar-refractivity contribution in [3.63, 3.8) is 0 Å². The first kappa shape index (κ1) is 19.2. The van der Waals surface area contributed by atoms with Gasteiger partial charge in [-0.25, -0.2) is 9.78 Å². The summed E-state index contributed by atoms with van der Waals surface area (Å²) >= 11 is 0. The van der Waals surface area contributed by atoms with Crippen LogP contribution in [0.2, 0.25) is 0 Å². The van der Waals surface area contributed by atoms with E-state index in [2.05, 4.69) is 16.8 Å². The zero-order chi connectivity index (χ0) is 18.4. The maximum absolute atomic E-state index is 12.3. The average Bonchev–Trinajstić information content (AvgIpc) is 3.07. The van der Waals surface area contributed by atoms with Crippen LogP contribution in [0.25, 0.3) is 0 Å². The molecule has 0 aliphatic carbocycles. The molecule has 0 spiro atoms. The van der Waals surface area contributed by atoms with Gasteiger partial charge in [-0.3, -0.25) is 0 Å². The Kier molecular flexibility index (Phi) is 6.91. The molecule has 1 N–H and O–H groups in total. The quantitative estimate of drug-likeness (QED) is 0.788. The van der Waals surface area contributed by atoms with Gasteiger partial charge >= 0.3 is 6.03 Å². The predicted octanol–water partition coefficient (Wildman–Crippen LogP) is 2.47. The van der Waals surface area contributed by atoms with Crippen LogP contribution in [0.4, 0.5) is 4.79 Å². The van der Waals surface area contributed by atoms with Crippen LogP contribution in [0.5, 0.6) is 0 Å². The highest BCUT2D eigenvalue weighted by atomic mass is 16.5. The number of rotatable bonds is 6. The Balaban J connectivity index is 1.55. The van der Waals surface area contributed by atoms with Crippen LogP contribution in [-0.4, -0.2) is 67.0 Å². The lowest BCUT2D eigenvalue weighted by atomic mass is 9.97. The molecule has 0 aromatic carbocycles. The van der Waals surface area contributed by atoms with Gasteiger partial charge in [0.25, 0.3) is 0 Å². The summed E-state index contributed by atoms with van der Waals surface area (Å²) in [4.78, 5) is 18.9. The van der Waals surface area contributed by atoms with Crippen molar-refractivity contribution in [1.29, 1.82) is 0 Å². The number of aryl methyl sites for hydroxylation is 1. The summed E-state index contributed by atoms with van der Waals surface area (Å²) in [5, 5.41) is 2.99. The second-order valence-corrected chi connectivity index (χ2v) is 7.31. The molecule has 26 heavy (non-hydrogen) atoms. The summed E-state index contributed by atoms with van der Waals surface area (Å²) in [6.07, 6.45) is 6.93. The van der Waals surface area contributed by atoms with Crippen LogP contribution in [0.15, 0.2) is 6.20 Å². The number of amides is 2. The number of piperidine rings is 1. The van der Waals surface area contributed by atoms with Crippen LogP contribution < -0.4 is 5.32 Å². The molecule has 2 amide bonds. The number of ether oxygens (including phenoxy) is 2. The molecule has 2 saturated heterocycles. The van der Waals surface area contributed by atoms with Crippen LogP contribution in [0.3, 0.4) is 0 Å². The first-order valence-corrected chi connectivity index (χ1v) is 9.84. The van der Waals surface area contributed by atoms with Gasteiger partial charge in [-0.1, -0.05) is 0 Å². The average molecular weight is 364 g/mol. The molecule has 0 radical (unpaired) electrons. The zero-order valence-corrected chi connectivity index (χ0v) is 16.1. The van der Waals surface area contributed by atoms with Crippen LogP contribution >= 0.6 is 0 Å². The van der Waals surface area contributed by atoms with Crippen LogP contribution in [0.1, 0.15) is 55.6 Å². The van der Waals surface area contributed by atoms with Crippen molar-refractivity contribution in [2.45, 2.75) is 51.0 Å². The van der Waals surface area contributed by atoms with Gasteiger partial charge in [-0.2, -0.15) is 0 Å². The van der Waals surface area contributed by atoms with Gasteiger partial charge in [-0.15, -0.1) is 0 Å². The molecule has 1 aromatic rings. The Morgan fingerprint density at radius 1 is 1.31 bits per heavy atom. The van der Waals surface area contributed by atoms with E-state index in [1.54, 1.807) is 7.11 Å². The van der Waals surface area contributed by atoms with Crippen molar-refractivity contribution >= 4 is 6.03 Å². The van der Waals surface area contributed by atoms with E-state index in [1.807, 2.05) is 11.1 Å². The Hall–Kier alpha value is -1.60. The number of carbonyl (C=O) groups excluding carboxylic acids is 1. The number of aromatic nitrogens is 2. The minimum Gasteiger partial charge on any atom is -0.385 e. The van der Waals surface area contributed by atoms with Crippen molar-refractivity contribution in [3.8, 4) is 0 Å². The summed E-state index contributed by atoms with van der Waals surface area (Å²) < 4.78 is 13.0. The Bertz CT molecular complexity index is 575. The standard InChI is InChI=1S/C19H32N4O3/c1-15-14-21-18(16-6-12-26-13-7-16)23(15)17-4-9-22(10-5-17)19(24)20-8-3-11-25-2/h14,16-17H,3-13H2,1-2H3,(H,20,24). The van der Waals surface area contributed by atoms with E-state index in [0.29, 0.717) is 25.1 Å². The van der Waals surface area contributed by atoms with E-state index < -0.39 is 0 Å². The monoisotopic (exact) mass is 364 g/mol. The SMILES string of the molecule is COCCCNC(=O)N1CCC(n2c(C)cnc2C2CCOCC2)CC1. The van der Waals surface area contributed by atoms with Crippen molar-refractivity contribution in [2.24, 2.45) is 0 Å². The molecular formula is C19H32N4O3. The van der Waals surface area contributed by atoms with E-state index in [0.717, 1.165) is 58.4 Å². The number of nitrogens with one attached hydrogen (secondary N) is 1. The smallest absolute Gasteiger partial charge is 0.317 e. The van der Waals surface area contributed by atoms with E-state index in [-0.39, 0.29) is 6.03 Å². The zero-order valence-electron chi connectivity index (χ0n) is 16.1. The number of methoxy groups -OCH3 is 1. The second kappa shape index (κ2) is 9.37. The summed E-state index contributed by atoms with van der Waals surface area (Å²) in [6, 6.07) is 0.486. The normalized spacial score (nSPS) is 19.7.